The van der Waals surface area contributed by atoms with E-state index >= 15 is 0 Å². The molecule has 0 radical (unpaired) electrons. The number of carbonyl (C=O) groups is 2. The Morgan fingerprint density at radius 3 is 2.52 bits per heavy atom. The summed E-state index contributed by atoms with van der Waals surface area (Å²) < 4.78 is 5.25. The van der Waals surface area contributed by atoms with Crippen LogP contribution in [0.5, 0.6) is 0 Å². The number of hydrogen-bond donors (Lipinski definition) is 1. The van der Waals surface area contributed by atoms with E-state index in [1.54, 1.807) is 35.7 Å². The molecular formula is C15H16N2O4. The SMILES string of the molecule is O=C(O)CCC(=O)N(Cc1ccncc1)Cc1ccco1. The number of hydrogen-bond acceptors (Lipinski definition) is 4. The Labute approximate surface area is 122 Å². The van der Waals surface area contributed by atoms with Crippen LogP contribution in [0.3, 0.4) is 0 Å². The Morgan fingerprint density at radius 1 is 1.14 bits per heavy atom. The lowest BCUT2D eigenvalue weighted by Crippen LogP contribution is -2.30. The standard InChI is InChI=1S/C15H16N2O4/c18-14(3-4-15(19)20)17(11-13-2-1-9-21-13)10-12-5-7-16-8-6-12/h1-2,5-9H,3-4,10-11H2,(H,19,20). The van der Waals surface area contributed by atoms with Crippen molar-refractivity contribution in [3.63, 3.8) is 0 Å². The Hall–Kier alpha value is -2.63. The van der Waals surface area contributed by atoms with Crippen LogP contribution in [0.2, 0.25) is 0 Å². The van der Waals surface area contributed by atoms with Gasteiger partial charge in [-0.05, 0) is 29.8 Å². The number of aromatic nitrogens is 1. The van der Waals surface area contributed by atoms with Crippen molar-refractivity contribution in [2.24, 2.45) is 0 Å². The molecule has 0 aliphatic heterocycles. The molecule has 0 aliphatic rings. The lowest BCUT2D eigenvalue weighted by atomic mass is 10.2. The minimum absolute atomic E-state index is 0.0267. The Balaban J connectivity index is 2.06. The van der Waals surface area contributed by atoms with Crippen LogP contribution in [0, 0.1) is 0 Å². The number of rotatable bonds is 7. The summed E-state index contributed by atoms with van der Waals surface area (Å²) in [4.78, 5) is 28.3. The van der Waals surface area contributed by atoms with E-state index in [4.69, 9.17) is 9.52 Å². The summed E-state index contributed by atoms with van der Waals surface area (Å²) in [5.74, 6) is -0.538. The summed E-state index contributed by atoms with van der Waals surface area (Å²) in [7, 11) is 0. The van der Waals surface area contributed by atoms with E-state index < -0.39 is 5.97 Å². The third-order valence-electron chi connectivity index (χ3n) is 2.96. The van der Waals surface area contributed by atoms with E-state index in [0.29, 0.717) is 18.8 Å². The number of aliphatic carboxylic acids is 1. The summed E-state index contributed by atoms with van der Waals surface area (Å²) in [5.41, 5.74) is 0.931. The van der Waals surface area contributed by atoms with Gasteiger partial charge in [-0.1, -0.05) is 0 Å². The molecule has 0 aromatic carbocycles. The molecule has 0 spiro atoms. The van der Waals surface area contributed by atoms with E-state index in [1.807, 2.05) is 12.1 Å². The first-order valence-electron chi connectivity index (χ1n) is 6.56. The highest BCUT2D eigenvalue weighted by molar-refractivity contribution is 5.80. The van der Waals surface area contributed by atoms with Crippen LogP contribution in [-0.4, -0.2) is 26.9 Å². The third-order valence-corrected chi connectivity index (χ3v) is 2.96. The van der Waals surface area contributed by atoms with Gasteiger partial charge in [0, 0.05) is 25.4 Å². The molecule has 0 saturated heterocycles. The van der Waals surface area contributed by atoms with Crippen molar-refractivity contribution in [3.05, 3.63) is 54.2 Å². The minimum Gasteiger partial charge on any atom is -0.481 e. The van der Waals surface area contributed by atoms with E-state index in [1.165, 1.54) is 0 Å². The van der Waals surface area contributed by atoms with Crippen molar-refractivity contribution < 1.29 is 19.1 Å². The molecule has 1 amide bonds. The van der Waals surface area contributed by atoms with Crippen molar-refractivity contribution in [1.29, 1.82) is 0 Å². The smallest absolute Gasteiger partial charge is 0.303 e. The molecule has 2 aromatic rings. The topological polar surface area (TPSA) is 83.6 Å². The summed E-state index contributed by atoms with van der Waals surface area (Å²) in [5, 5.41) is 8.69. The lowest BCUT2D eigenvalue weighted by molar-refractivity contribution is -0.141. The molecule has 21 heavy (non-hydrogen) atoms. The first kappa shape index (κ1) is 14.8. The zero-order chi connectivity index (χ0) is 15.1. The fourth-order valence-corrected chi connectivity index (χ4v) is 1.90. The van der Waals surface area contributed by atoms with E-state index in [-0.39, 0.29) is 18.7 Å². The second-order valence-electron chi connectivity index (χ2n) is 4.58. The van der Waals surface area contributed by atoms with Gasteiger partial charge in [0.15, 0.2) is 0 Å². The highest BCUT2D eigenvalue weighted by Crippen LogP contribution is 2.12. The van der Waals surface area contributed by atoms with Crippen molar-refractivity contribution in [1.82, 2.24) is 9.88 Å². The van der Waals surface area contributed by atoms with Gasteiger partial charge in [0.1, 0.15) is 5.76 Å². The first-order chi connectivity index (χ1) is 10.1. The Bertz CT molecular complexity index is 581. The van der Waals surface area contributed by atoms with E-state index in [0.717, 1.165) is 5.56 Å². The Morgan fingerprint density at radius 2 is 1.90 bits per heavy atom. The highest BCUT2D eigenvalue weighted by atomic mass is 16.4. The van der Waals surface area contributed by atoms with E-state index in [2.05, 4.69) is 4.98 Å². The van der Waals surface area contributed by atoms with Gasteiger partial charge in [-0.25, -0.2) is 0 Å². The summed E-state index contributed by atoms with van der Waals surface area (Å²) in [6.45, 7) is 0.704. The maximum atomic E-state index is 12.2. The quantitative estimate of drug-likeness (QED) is 0.843. The number of amides is 1. The molecule has 6 nitrogen and oxygen atoms in total. The van der Waals surface area contributed by atoms with Gasteiger partial charge in [-0.2, -0.15) is 0 Å². The van der Waals surface area contributed by atoms with Crippen molar-refractivity contribution in [3.8, 4) is 0 Å². The molecule has 0 bridgehead atoms. The molecule has 0 saturated carbocycles. The zero-order valence-electron chi connectivity index (χ0n) is 11.4. The van der Waals surface area contributed by atoms with Gasteiger partial charge in [0.05, 0.1) is 19.2 Å². The van der Waals surface area contributed by atoms with Crippen LogP contribution < -0.4 is 0 Å². The molecule has 2 heterocycles. The monoisotopic (exact) mass is 288 g/mol. The number of carboxylic acid groups (broad SMARTS) is 1. The van der Waals surface area contributed by atoms with Crippen molar-refractivity contribution >= 4 is 11.9 Å². The fraction of sp³-hybridized carbons (Fsp3) is 0.267. The molecule has 0 unspecified atom stereocenters. The van der Waals surface area contributed by atoms with Crippen LogP contribution in [0.1, 0.15) is 24.2 Å². The van der Waals surface area contributed by atoms with Gasteiger partial charge < -0.3 is 14.4 Å². The number of furan rings is 1. The maximum Gasteiger partial charge on any atom is 0.303 e. The lowest BCUT2D eigenvalue weighted by Gasteiger charge is -2.21. The number of carbonyl (C=O) groups excluding carboxylic acids is 1. The maximum absolute atomic E-state index is 12.2. The molecule has 0 aliphatic carbocycles. The van der Waals surface area contributed by atoms with Crippen LogP contribution in [-0.2, 0) is 22.7 Å². The molecule has 2 aromatic heterocycles. The molecule has 6 heteroatoms. The average Bonchev–Trinajstić information content (AvgIpc) is 2.98. The molecule has 2 rings (SSSR count). The van der Waals surface area contributed by atoms with Crippen LogP contribution in [0.25, 0.3) is 0 Å². The van der Waals surface area contributed by atoms with Crippen molar-refractivity contribution in [2.45, 2.75) is 25.9 Å². The third kappa shape index (κ3) is 4.76. The zero-order valence-corrected chi connectivity index (χ0v) is 11.4. The second-order valence-corrected chi connectivity index (χ2v) is 4.58. The second kappa shape index (κ2) is 7.23. The molecule has 0 fully saturated rings. The molecular weight excluding hydrogens is 272 g/mol. The first-order valence-corrected chi connectivity index (χ1v) is 6.56. The number of carboxylic acids is 1. The van der Waals surface area contributed by atoms with Crippen LogP contribution in [0.4, 0.5) is 0 Å². The van der Waals surface area contributed by atoms with Gasteiger partial charge in [-0.3, -0.25) is 14.6 Å². The molecule has 1 N–H and O–H groups in total. The van der Waals surface area contributed by atoms with Crippen molar-refractivity contribution in [2.75, 3.05) is 0 Å². The van der Waals surface area contributed by atoms with Gasteiger partial charge in [0.25, 0.3) is 0 Å². The Kier molecular flexibility index (Phi) is 5.09. The molecule has 110 valence electrons. The van der Waals surface area contributed by atoms with Gasteiger partial charge in [0.2, 0.25) is 5.91 Å². The van der Waals surface area contributed by atoms with Crippen LogP contribution in [0.15, 0.2) is 47.3 Å². The normalized spacial score (nSPS) is 10.3. The summed E-state index contributed by atoms with van der Waals surface area (Å²) in [6, 6.07) is 7.17. The van der Waals surface area contributed by atoms with Crippen LogP contribution >= 0.6 is 0 Å². The largest absolute Gasteiger partial charge is 0.481 e. The number of pyridine rings is 1. The van der Waals surface area contributed by atoms with E-state index in [9.17, 15) is 9.59 Å². The van der Waals surface area contributed by atoms with Gasteiger partial charge in [-0.15, -0.1) is 0 Å². The van der Waals surface area contributed by atoms with Gasteiger partial charge >= 0.3 is 5.97 Å². The predicted molar refractivity (Wildman–Crippen MR) is 74.1 cm³/mol. The minimum atomic E-state index is -0.981. The summed E-state index contributed by atoms with van der Waals surface area (Å²) >= 11 is 0. The summed E-state index contributed by atoms with van der Waals surface area (Å²) in [6.07, 6.45) is 4.65. The fourth-order valence-electron chi connectivity index (χ4n) is 1.90. The predicted octanol–water partition coefficient (Wildman–Crippen LogP) is 2.07. The number of nitrogens with zero attached hydrogens (tertiary/aromatic N) is 2. The highest BCUT2D eigenvalue weighted by Gasteiger charge is 2.17. The molecule has 0 atom stereocenters. The average molecular weight is 288 g/mol.